The van der Waals surface area contributed by atoms with Gasteiger partial charge >= 0.3 is 5.97 Å². The van der Waals surface area contributed by atoms with Crippen LogP contribution in [-0.4, -0.2) is 31.7 Å². The maximum absolute atomic E-state index is 10.9. The summed E-state index contributed by atoms with van der Waals surface area (Å²) in [5.41, 5.74) is 0.995. The number of carbonyl (C=O) groups excluding carboxylic acids is 1. The summed E-state index contributed by atoms with van der Waals surface area (Å²) in [7, 11) is 3.01. The number of rotatable bonds is 8. The van der Waals surface area contributed by atoms with Crippen LogP contribution in [0.2, 0.25) is 0 Å². The van der Waals surface area contributed by atoms with Gasteiger partial charge in [0.05, 0.1) is 14.2 Å². The first kappa shape index (κ1) is 14.3. The number of nitrogens with zero attached hydrogens (tertiary/aromatic N) is 1. The van der Waals surface area contributed by atoms with Crippen molar-refractivity contribution in [3.63, 3.8) is 0 Å². The van der Waals surface area contributed by atoms with Crippen LogP contribution in [0.5, 0.6) is 5.88 Å². The maximum Gasteiger partial charge on any atom is 0.305 e. The molecule has 1 N–H and O–H groups in total. The van der Waals surface area contributed by atoms with Gasteiger partial charge in [-0.2, -0.15) is 0 Å². The van der Waals surface area contributed by atoms with Crippen LogP contribution in [0.15, 0.2) is 18.3 Å². The maximum atomic E-state index is 10.9. The van der Waals surface area contributed by atoms with Crippen LogP contribution < -0.4 is 10.1 Å². The molecule has 0 spiro atoms. The Kier molecular flexibility index (Phi) is 6.61. The Hall–Kier alpha value is -1.78. The Morgan fingerprint density at radius 1 is 1.33 bits per heavy atom. The summed E-state index contributed by atoms with van der Waals surface area (Å²) in [6.07, 6.45) is 5.10. The molecule has 0 amide bonds. The molecule has 5 heteroatoms. The van der Waals surface area contributed by atoms with E-state index in [-0.39, 0.29) is 5.97 Å². The average molecular weight is 252 g/mol. The van der Waals surface area contributed by atoms with Gasteiger partial charge in [-0.15, -0.1) is 0 Å². The molecule has 0 bridgehead atoms. The highest BCUT2D eigenvalue weighted by Gasteiger charge is 1.99. The Bertz CT molecular complexity index is 369. The third-order valence-electron chi connectivity index (χ3n) is 2.56. The Labute approximate surface area is 108 Å². The SMILES string of the molecule is COC(=O)CCCCCNc1ccnc(OC)c1. The number of aromatic nitrogens is 1. The molecule has 0 aliphatic heterocycles. The molecular weight excluding hydrogens is 232 g/mol. The molecule has 0 radical (unpaired) electrons. The van der Waals surface area contributed by atoms with Crippen LogP contribution in [0.1, 0.15) is 25.7 Å². The monoisotopic (exact) mass is 252 g/mol. The van der Waals surface area contributed by atoms with Gasteiger partial charge in [0, 0.05) is 30.9 Å². The van der Waals surface area contributed by atoms with E-state index in [1.165, 1.54) is 7.11 Å². The van der Waals surface area contributed by atoms with E-state index in [1.54, 1.807) is 13.3 Å². The minimum Gasteiger partial charge on any atom is -0.481 e. The summed E-state index contributed by atoms with van der Waals surface area (Å²) in [4.78, 5) is 14.9. The van der Waals surface area contributed by atoms with Crippen molar-refractivity contribution in [2.24, 2.45) is 0 Å². The molecule has 0 fully saturated rings. The zero-order valence-corrected chi connectivity index (χ0v) is 10.9. The molecule has 0 aromatic carbocycles. The lowest BCUT2D eigenvalue weighted by atomic mass is 10.2. The smallest absolute Gasteiger partial charge is 0.305 e. The predicted octanol–water partition coefficient (Wildman–Crippen LogP) is 2.24. The molecule has 1 aromatic rings. The standard InChI is InChI=1S/C13H20N2O3/c1-17-12-10-11(7-9-15-12)14-8-5-3-4-6-13(16)18-2/h7,9-10H,3-6,8H2,1-2H3,(H,14,15). The molecule has 100 valence electrons. The lowest BCUT2D eigenvalue weighted by Gasteiger charge is -2.07. The Balaban J connectivity index is 2.12. The fourth-order valence-corrected chi connectivity index (χ4v) is 1.54. The van der Waals surface area contributed by atoms with E-state index < -0.39 is 0 Å². The first-order valence-electron chi connectivity index (χ1n) is 6.07. The van der Waals surface area contributed by atoms with Crippen LogP contribution in [0.25, 0.3) is 0 Å². The molecule has 0 aliphatic rings. The second-order valence-corrected chi connectivity index (χ2v) is 3.90. The summed E-state index contributed by atoms with van der Waals surface area (Å²) < 4.78 is 9.61. The third kappa shape index (κ3) is 5.52. The number of pyridine rings is 1. The van der Waals surface area contributed by atoms with Crippen molar-refractivity contribution in [3.8, 4) is 5.88 Å². The molecule has 0 unspecified atom stereocenters. The van der Waals surface area contributed by atoms with Crippen molar-refractivity contribution < 1.29 is 14.3 Å². The fraction of sp³-hybridized carbons (Fsp3) is 0.538. The van der Waals surface area contributed by atoms with Gasteiger partial charge in [-0.05, 0) is 18.9 Å². The van der Waals surface area contributed by atoms with Crippen LogP contribution in [0, 0.1) is 0 Å². The second kappa shape index (κ2) is 8.33. The molecule has 0 atom stereocenters. The Morgan fingerprint density at radius 2 is 2.17 bits per heavy atom. The molecule has 1 aromatic heterocycles. The van der Waals surface area contributed by atoms with Crippen molar-refractivity contribution in [3.05, 3.63) is 18.3 Å². The summed E-state index contributed by atoms with van der Waals surface area (Å²) in [5, 5.41) is 3.29. The number of nitrogens with one attached hydrogen (secondary N) is 1. The molecular formula is C13H20N2O3. The third-order valence-corrected chi connectivity index (χ3v) is 2.56. The highest BCUT2D eigenvalue weighted by molar-refractivity contribution is 5.68. The molecule has 18 heavy (non-hydrogen) atoms. The van der Waals surface area contributed by atoms with Gasteiger partial charge in [0.2, 0.25) is 5.88 Å². The van der Waals surface area contributed by atoms with Gasteiger partial charge in [0.1, 0.15) is 0 Å². The number of hydrogen-bond acceptors (Lipinski definition) is 5. The predicted molar refractivity (Wildman–Crippen MR) is 69.8 cm³/mol. The summed E-state index contributed by atoms with van der Waals surface area (Å²) in [6.45, 7) is 0.869. The van der Waals surface area contributed by atoms with Gasteiger partial charge in [-0.25, -0.2) is 4.98 Å². The lowest BCUT2D eigenvalue weighted by molar-refractivity contribution is -0.140. The van der Waals surface area contributed by atoms with E-state index in [0.717, 1.165) is 31.5 Å². The molecule has 0 aliphatic carbocycles. The molecule has 0 saturated heterocycles. The highest BCUT2D eigenvalue weighted by Crippen LogP contribution is 2.13. The molecule has 1 heterocycles. The van der Waals surface area contributed by atoms with Gasteiger partial charge in [0.25, 0.3) is 0 Å². The summed E-state index contributed by atoms with van der Waals surface area (Å²) >= 11 is 0. The summed E-state index contributed by atoms with van der Waals surface area (Å²) in [6, 6.07) is 3.76. The number of ether oxygens (including phenoxy) is 2. The van der Waals surface area contributed by atoms with Crippen molar-refractivity contribution >= 4 is 11.7 Å². The van der Waals surface area contributed by atoms with Gasteiger partial charge < -0.3 is 14.8 Å². The van der Waals surface area contributed by atoms with E-state index in [1.807, 2.05) is 12.1 Å². The fourth-order valence-electron chi connectivity index (χ4n) is 1.54. The van der Waals surface area contributed by atoms with E-state index in [0.29, 0.717) is 12.3 Å². The molecule has 0 saturated carbocycles. The molecule has 5 nitrogen and oxygen atoms in total. The van der Waals surface area contributed by atoms with E-state index in [4.69, 9.17) is 4.74 Å². The Morgan fingerprint density at radius 3 is 2.89 bits per heavy atom. The largest absolute Gasteiger partial charge is 0.481 e. The zero-order chi connectivity index (χ0) is 13.2. The van der Waals surface area contributed by atoms with Crippen molar-refractivity contribution in [2.75, 3.05) is 26.1 Å². The number of esters is 1. The van der Waals surface area contributed by atoms with Crippen molar-refractivity contribution in [1.29, 1.82) is 0 Å². The quantitative estimate of drug-likeness (QED) is 0.568. The number of hydrogen-bond donors (Lipinski definition) is 1. The van der Waals surface area contributed by atoms with Crippen LogP contribution in [0.3, 0.4) is 0 Å². The first-order chi connectivity index (χ1) is 8.76. The number of unbranched alkanes of at least 4 members (excludes halogenated alkanes) is 2. The van der Waals surface area contributed by atoms with Gasteiger partial charge in [-0.1, -0.05) is 6.42 Å². The minimum atomic E-state index is -0.137. The number of carbonyl (C=O) groups is 1. The second-order valence-electron chi connectivity index (χ2n) is 3.90. The average Bonchev–Trinajstić information content (AvgIpc) is 2.42. The lowest BCUT2D eigenvalue weighted by Crippen LogP contribution is -2.03. The van der Waals surface area contributed by atoms with Crippen molar-refractivity contribution in [1.82, 2.24) is 4.98 Å². The van der Waals surface area contributed by atoms with Gasteiger partial charge in [0.15, 0.2) is 0 Å². The normalized spacial score (nSPS) is 9.89. The topological polar surface area (TPSA) is 60.5 Å². The van der Waals surface area contributed by atoms with E-state index in [2.05, 4.69) is 15.0 Å². The van der Waals surface area contributed by atoms with Crippen LogP contribution >= 0.6 is 0 Å². The molecule has 1 rings (SSSR count). The summed E-state index contributed by atoms with van der Waals surface area (Å²) in [5.74, 6) is 0.465. The number of methoxy groups -OCH3 is 2. The van der Waals surface area contributed by atoms with E-state index in [9.17, 15) is 4.79 Å². The van der Waals surface area contributed by atoms with Crippen LogP contribution in [0.4, 0.5) is 5.69 Å². The number of anilines is 1. The van der Waals surface area contributed by atoms with Gasteiger partial charge in [-0.3, -0.25) is 4.79 Å². The minimum absolute atomic E-state index is 0.137. The van der Waals surface area contributed by atoms with E-state index >= 15 is 0 Å². The van der Waals surface area contributed by atoms with Crippen LogP contribution in [-0.2, 0) is 9.53 Å². The van der Waals surface area contributed by atoms with Crippen molar-refractivity contribution in [2.45, 2.75) is 25.7 Å². The first-order valence-corrected chi connectivity index (χ1v) is 6.07. The highest BCUT2D eigenvalue weighted by atomic mass is 16.5. The zero-order valence-electron chi connectivity index (χ0n) is 10.9.